The Morgan fingerprint density at radius 3 is 2.95 bits per heavy atom. The zero-order valence-corrected chi connectivity index (χ0v) is 11.4. The molecule has 0 bridgehead atoms. The van der Waals surface area contributed by atoms with Crippen molar-refractivity contribution in [3.8, 4) is 17.6 Å². The average Bonchev–Trinajstić information content (AvgIpc) is 2.90. The second-order valence-corrected chi connectivity index (χ2v) is 4.95. The molecule has 0 aliphatic heterocycles. The standard InChI is InChI=1S/C15H13NO3S/c17-7-2-4-11-6-8-20-14(11)10-16-15(19)12-3-1-5-13(18)9-12/h1,3,5-6,8-9,17-18H,7,10H2,(H,16,19). The minimum Gasteiger partial charge on any atom is -0.508 e. The number of carbonyl (C=O) groups excluding carboxylic acids is 1. The van der Waals surface area contributed by atoms with Crippen LogP contribution in [0, 0.1) is 11.8 Å². The number of amides is 1. The van der Waals surface area contributed by atoms with E-state index in [2.05, 4.69) is 17.2 Å². The number of phenolic OH excluding ortho intramolecular Hbond substituents is 1. The van der Waals surface area contributed by atoms with E-state index >= 15 is 0 Å². The van der Waals surface area contributed by atoms with E-state index in [1.165, 1.54) is 23.5 Å². The normalized spacial score (nSPS) is 9.65. The maximum atomic E-state index is 11.9. The largest absolute Gasteiger partial charge is 0.508 e. The van der Waals surface area contributed by atoms with Crippen LogP contribution in [0.25, 0.3) is 0 Å². The van der Waals surface area contributed by atoms with Crippen LogP contribution in [-0.4, -0.2) is 22.7 Å². The molecule has 1 aromatic heterocycles. The quantitative estimate of drug-likeness (QED) is 0.753. The molecular formula is C15H13NO3S. The lowest BCUT2D eigenvalue weighted by molar-refractivity contribution is 0.0951. The van der Waals surface area contributed by atoms with Crippen molar-refractivity contribution in [2.75, 3.05) is 6.61 Å². The summed E-state index contributed by atoms with van der Waals surface area (Å²) in [5, 5.41) is 22.7. The minimum absolute atomic E-state index is 0.0586. The lowest BCUT2D eigenvalue weighted by atomic mass is 10.2. The van der Waals surface area contributed by atoms with Gasteiger partial charge in [0.2, 0.25) is 0 Å². The van der Waals surface area contributed by atoms with Crippen LogP contribution in [-0.2, 0) is 6.54 Å². The SMILES string of the molecule is O=C(NCc1sccc1C#CCO)c1cccc(O)c1. The van der Waals surface area contributed by atoms with Crippen molar-refractivity contribution in [2.45, 2.75) is 6.54 Å². The summed E-state index contributed by atoms with van der Waals surface area (Å²) in [7, 11) is 0. The molecule has 5 heteroatoms. The average molecular weight is 287 g/mol. The zero-order chi connectivity index (χ0) is 14.4. The molecule has 102 valence electrons. The number of hydrogen-bond acceptors (Lipinski definition) is 4. The Morgan fingerprint density at radius 2 is 2.20 bits per heavy atom. The van der Waals surface area contributed by atoms with Crippen molar-refractivity contribution in [2.24, 2.45) is 0 Å². The van der Waals surface area contributed by atoms with Gasteiger partial charge in [-0.25, -0.2) is 0 Å². The summed E-state index contributed by atoms with van der Waals surface area (Å²) in [6.07, 6.45) is 0. The Bertz CT molecular complexity index is 667. The maximum absolute atomic E-state index is 11.9. The Labute approximate surface area is 120 Å². The molecule has 1 amide bonds. The van der Waals surface area contributed by atoms with Crippen molar-refractivity contribution in [1.82, 2.24) is 5.32 Å². The van der Waals surface area contributed by atoms with Gasteiger partial charge < -0.3 is 15.5 Å². The van der Waals surface area contributed by atoms with E-state index in [0.717, 1.165) is 10.4 Å². The summed E-state index contributed by atoms with van der Waals surface area (Å²) < 4.78 is 0. The van der Waals surface area contributed by atoms with Crippen LogP contribution < -0.4 is 5.32 Å². The lowest BCUT2D eigenvalue weighted by Crippen LogP contribution is -2.22. The van der Waals surface area contributed by atoms with Crippen LogP contribution >= 0.6 is 11.3 Å². The summed E-state index contributed by atoms with van der Waals surface area (Å²) in [5.41, 5.74) is 1.21. The van der Waals surface area contributed by atoms with Gasteiger partial charge in [-0.05, 0) is 29.6 Å². The van der Waals surface area contributed by atoms with E-state index < -0.39 is 0 Å². The van der Waals surface area contributed by atoms with Crippen molar-refractivity contribution in [1.29, 1.82) is 0 Å². The molecule has 2 rings (SSSR count). The first-order valence-corrected chi connectivity index (χ1v) is 6.82. The van der Waals surface area contributed by atoms with Gasteiger partial charge in [0.1, 0.15) is 12.4 Å². The molecular weight excluding hydrogens is 274 g/mol. The Hall–Kier alpha value is -2.29. The Morgan fingerprint density at radius 1 is 1.35 bits per heavy atom. The number of hydrogen-bond donors (Lipinski definition) is 3. The zero-order valence-electron chi connectivity index (χ0n) is 10.6. The molecule has 0 aliphatic carbocycles. The molecule has 0 saturated heterocycles. The van der Waals surface area contributed by atoms with Crippen molar-refractivity contribution >= 4 is 17.2 Å². The summed E-state index contributed by atoms with van der Waals surface area (Å²) in [5.74, 6) is 5.22. The molecule has 0 saturated carbocycles. The van der Waals surface area contributed by atoms with E-state index in [4.69, 9.17) is 5.11 Å². The fourth-order valence-electron chi connectivity index (χ4n) is 1.63. The number of thiophene rings is 1. The summed E-state index contributed by atoms with van der Waals surface area (Å²) in [4.78, 5) is 12.9. The first-order chi connectivity index (χ1) is 9.70. The number of benzene rings is 1. The van der Waals surface area contributed by atoms with Crippen molar-refractivity contribution in [3.63, 3.8) is 0 Å². The third-order valence-electron chi connectivity index (χ3n) is 2.57. The highest BCUT2D eigenvalue weighted by atomic mass is 32.1. The van der Waals surface area contributed by atoms with Gasteiger partial charge in [0, 0.05) is 16.0 Å². The number of carbonyl (C=O) groups is 1. The van der Waals surface area contributed by atoms with Gasteiger partial charge in [0.15, 0.2) is 0 Å². The summed E-state index contributed by atoms with van der Waals surface area (Å²) in [6.45, 7) is 0.173. The van der Waals surface area contributed by atoms with Gasteiger partial charge in [-0.3, -0.25) is 4.79 Å². The predicted molar refractivity (Wildman–Crippen MR) is 77.6 cm³/mol. The minimum atomic E-state index is -0.254. The molecule has 0 atom stereocenters. The number of aromatic hydroxyl groups is 1. The van der Waals surface area contributed by atoms with E-state index in [9.17, 15) is 9.90 Å². The van der Waals surface area contributed by atoms with Gasteiger partial charge in [-0.2, -0.15) is 0 Å². The highest BCUT2D eigenvalue weighted by Crippen LogP contribution is 2.16. The fraction of sp³-hybridized carbons (Fsp3) is 0.133. The second kappa shape index (κ2) is 6.75. The highest BCUT2D eigenvalue weighted by Gasteiger charge is 2.08. The molecule has 0 radical (unpaired) electrons. The molecule has 3 N–H and O–H groups in total. The Balaban J connectivity index is 2.02. The topological polar surface area (TPSA) is 69.6 Å². The second-order valence-electron chi connectivity index (χ2n) is 3.95. The molecule has 1 aromatic carbocycles. The lowest BCUT2D eigenvalue weighted by Gasteiger charge is -2.04. The molecule has 0 aliphatic rings. The first kappa shape index (κ1) is 14.1. The number of nitrogens with one attached hydrogen (secondary N) is 1. The fourth-order valence-corrected chi connectivity index (χ4v) is 2.40. The molecule has 0 unspecified atom stereocenters. The van der Waals surface area contributed by atoms with Gasteiger partial charge in [-0.15, -0.1) is 11.3 Å². The summed E-state index contributed by atoms with van der Waals surface area (Å²) in [6, 6.07) is 8.03. The third-order valence-corrected chi connectivity index (χ3v) is 3.49. The van der Waals surface area contributed by atoms with E-state index in [0.29, 0.717) is 12.1 Å². The van der Waals surface area contributed by atoms with Crippen molar-refractivity contribution < 1.29 is 15.0 Å². The van der Waals surface area contributed by atoms with Crippen LogP contribution in [0.5, 0.6) is 5.75 Å². The molecule has 1 heterocycles. The van der Waals surface area contributed by atoms with Crippen LogP contribution in [0.3, 0.4) is 0 Å². The predicted octanol–water partition coefficient (Wildman–Crippen LogP) is 1.73. The van der Waals surface area contributed by atoms with Crippen LogP contribution in [0.1, 0.15) is 20.8 Å². The van der Waals surface area contributed by atoms with Crippen LogP contribution in [0.4, 0.5) is 0 Å². The van der Waals surface area contributed by atoms with Gasteiger partial charge >= 0.3 is 0 Å². The van der Waals surface area contributed by atoms with Crippen LogP contribution in [0.2, 0.25) is 0 Å². The van der Waals surface area contributed by atoms with Crippen LogP contribution in [0.15, 0.2) is 35.7 Å². The smallest absolute Gasteiger partial charge is 0.251 e. The third kappa shape index (κ3) is 3.60. The van der Waals surface area contributed by atoms with Gasteiger partial charge in [-0.1, -0.05) is 17.9 Å². The van der Waals surface area contributed by atoms with E-state index in [1.807, 2.05) is 11.4 Å². The molecule has 0 fully saturated rings. The molecule has 4 nitrogen and oxygen atoms in total. The molecule has 0 spiro atoms. The van der Waals surface area contributed by atoms with Gasteiger partial charge in [0.05, 0.1) is 6.54 Å². The highest BCUT2D eigenvalue weighted by molar-refractivity contribution is 7.10. The maximum Gasteiger partial charge on any atom is 0.251 e. The van der Waals surface area contributed by atoms with E-state index in [-0.39, 0.29) is 18.3 Å². The monoisotopic (exact) mass is 287 g/mol. The summed E-state index contributed by atoms with van der Waals surface area (Å²) >= 11 is 1.49. The first-order valence-electron chi connectivity index (χ1n) is 5.94. The number of rotatable bonds is 3. The Kier molecular flexibility index (Phi) is 4.77. The number of aliphatic hydroxyl groups excluding tert-OH is 1. The molecule has 2 aromatic rings. The number of aliphatic hydroxyl groups is 1. The van der Waals surface area contributed by atoms with Crippen molar-refractivity contribution in [3.05, 3.63) is 51.7 Å². The van der Waals surface area contributed by atoms with E-state index in [1.54, 1.807) is 12.1 Å². The molecule has 20 heavy (non-hydrogen) atoms. The van der Waals surface area contributed by atoms with Gasteiger partial charge in [0.25, 0.3) is 5.91 Å². The number of phenols is 1.